The van der Waals surface area contributed by atoms with Gasteiger partial charge in [-0.1, -0.05) is 18.2 Å². The molecular formula is C21H25NO3. The molecule has 2 aromatic carbocycles. The van der Waals surface area contributed by atoms with Gasteiger partial charge in [0.2, 0.25) is 0 Å². The van der Waals surface area contributed by atoms with Crippen molar-refractivity contribution in [3.63, 3.8) is 0 Å². The summed E-state index contributed by atoms with van der Waals surface area (Å²) in [5.41, 5.74) is 4.58. The van der Waals surface area contributed by atoms with E-state index in [0.29, 0.717) is 17.1 Å². The van der Waals surface area contributed by atoms with Gasteiger partial charge in [-0.3, -0.25) is 4.79 Å². The Kier molecular flexibility index (Phi) is 5.27. The van der Waals surface area contributed by atoms with E-state index in [0.717, 1.165) is 12.0 Å². The maximum atomic E-state index is 12.6. The van der Waals surface area contributed by atoms with Crippen molar-refractivity contribution in [3.8, 4) is 11.5 Å². The smallest absolute Gasteiger partial charge is 0.251 e. The molecule has 0 unspecified atom stereocenters. The molecule has 1 atom stereocenters. The van der Waals surface area contributed by atoms with Crippen LogP contribution in [0.5, 0.6) is 11.5 Å². The van der Waals surface area contributed by atoms with Gasteiger partial charge in [-0.15, -0.1) is 0 Å². The van der Waals surface area contributed by atoms with Crippen LogP contribution < -0.4 is 14.8 Å². The molecule has 2 aromatic rings. The Hall–Kier alpha value is -2.49. The molecule has 0 radical (unpaired) electrons. The first-order chi connectivity index (χ1) is 12.1. The van der Waals surface area contributed by atoms with E-state index in [1.165, 1.54) is 30.4 Å². The number of hydrogen-bond donors (Lipinski definition) is 1. The largest absolute Gasteiger partial charge is 0.493 e. The quantitative estimate of drug-likeness (QED) is 0.893. The third kappa shape index (κ3) is 3.78. The second-order valence-electron chi connectivity index (χ2n) is 6.50. The SMILES string of the molecule is COc1ccc(C(=O)N[C@H](C)c2ccc3c(c2)CCCC3)cc1OC. The van der Waals surface area contributed by atoms with E-state index < -0.39 is 0 Å². The van der Waals surface area contributed by atoms with Gasteiger partial charge >= 0.3 is 0 Å². The summed E-state index contributed by atoms with van der Waals surface area (Å²) in [4.78, 5) is 12.6. The highest BCUT2D eigenvalue weighted by Crippen LogP contribution is 2.28. The highest BCUT2D eigenvalue weighted by atomic mass is 16.5. The Labute approximate surface area is 149 Å². The lowest BCUT2D eigenvalue weighted by Crippen LogP contribution is -2.26. The van der Waals surface area contributed by atoms with Crippen LogP contribution in [0.1, 0.15) is 52.9 Å². The molecule has 25 heavy (non-hydrogen) atoms. The number of hydrogen-bond acceptors (Lipinski definition) is 3. The molecule has 0 saturated heterocycles. The number of carbonyl (C=O) groups is 1. The maximum Gasteiger partial charge on any atom is 0.251 e. The summed E-state index contributed by atoms with van der Waals surface area (Å²) in [6, 6.07) is 11.7. The van der Waals surface area contributed by atoms with E-state index in [1.54, 1.807) is 32.4 Å². The standard InChI is InChI=1S/C21H25NO3/c1-14(16-9-8-15-6-4-5-7-17(15)12-16)22-21(23)18-10-11-19(24-2)20(13-18)25-3/h8-14H,4-7H2,1-3H3,(H,22,23)/t14-/m1/s1. The molecule has 0 aromatic heterocycles. The van der Waals surface area contributed by atoms with Crippen molar-refractivity contribution in [1.82, 2.24) is 5.32 Å². The molecule has 4 heteroatoms. The van der Waals surface area contributed by atoms with Crippen LogP contribution in [0.4, 0.5) is 0 Å². The first-order valence-corrected chi connectivity index (χ1v) is 8.77. The van der Waals surface area contributed by atoms with Crippen LogP contribution >= 0.6 is 0 Å². The Morgan fingerprint density at radius 1 is 0.960 bits per heavy atom. The van der Waals surface area contributed by atoms with Crippen LogP contribution in [0.25, 0.3) is 0 Å². The lowest BCUT2D eigenvalue weighted by molar-refractivity contribution is 0.0939. The summed E-state index contributed by atoms with van der Waals surface area (Å²) < 4.78 is 10.5. The summed E-state index contributed by atoms with van der Waals surface area (Å²) in [7, 11) is 3.14. The number of aryl methyl sites for hydroxylation is 2. The van der Waals surface area contributed by atoms with Crippen molar-refractivity contribution in [1.29, 1.82) is 0 Å². The minimum atomic E-state index is -0.119. The van der Waals surface area contributed by atoms with Crippen LogP contribution in [-0.4, -0.2) is 20.1 Å². The molecule has 3 rings (SSSR count). The highest BCUT2D eigenvalue weighted by molar-refractivity contribution is 5.95. The second-order valence-corrected chi connectivity index (χ2v) is 6.50. The van der Waals surface area contributed by atoms with Gasteiger partial charge in [0, 0.05) is 5.56 Å². The van der Waals surface area contributed by atoms with Gasteiger partial charge in [-0.05, 0) is 67.5 Å². The predicted octanol–water partition coefficient (Wildman–Crippen LogP) is 4.07. The lowest BCUT2D eigenvalue weighted by Gasteiger charge is -2.20. The Morgan fingerprint density at radius 2 is 1.68 bits per heavy atom. The number of methoxy groups -OCH3 is 2. The molecule has 1 amide bonds. The zero-order chi connectivity index (χ0) is 17.8. The van der Waals surface area contributed by atoms with E-state index in [9.17, 15) is 4.79 Å². The average molecular weight is 339 g/mol. The van der Waals surface area contributed by atoms with Crippen LogP contribution in [0.3, 0.4) is 0 Å². The molecular weight excluding hydrogens is 314 g/mol. The van der Waals surface area contributed by atoms with E-state index in [4.69, 9.17) is 9.47 Å². The number of fused-ring (bicyclic) bond motifs is 1. The minimum Gasteiger partial charge on any atom is -0.493 e. The number of ether oxygens (including phenoxy) is 2. The van der Waals surface area contributed by atoms with Gasteiger partial charge < -0.3 is 14.8 Å². The molecule has 1 N–H and O–H groups in total. The fourth-order valence-electron chi connectivity index (χ4n) is 3.36. The van der Waals surface area contributed by atoms with Gasteiger partial charge in [0.15, 0.2) is 11.5 Å². The summed E-state index contributed by atoms with van der Waals surface area (Å²) in [6.45, 7) is 2.02. The molecule has 0 heterocycles. The zero-order valence-electron chi connectivity index (χ0n) is 15.1. The zero-order valence-corrected chi connectivity index (χ0v) is 15.1. The molecule has 4 nitrogen and oxygen atoms in total. The molecule has 0 spiro atoms. The number of benzene rings is 2. The van der Waals surface area contributed by atoms with Crippen molar-refractivity contribution in [2.24, 2.45) is 0 Å². The van der Waals surface area contributed by atoms with E-state index >= 15 is 0 Å². The molecule has 1 aliphatic carbocycles. The first-order valence-electron chi connectivity index (χ1n) is 8.77. The molecule has 0 bridgehead atoms. The van der Waals surface area contributed by atoms with Crippen molar-refractivity contribution in [3.05, 3.63) is 58.7 Å². The van der Waals surface area contributed by atoms with Gasteiger partial charge in [-0.2, -0.15) is 0 Å². The van der Waals surface area contributed by atoms with Crippen LogP contribution in [0.2, 0.25) is 0 Å². The Balaban J connectivity index is 1.74. The van der Waals surface area contributed by atoms with Crippen LogP contribution in [0.15, 0.2) is 36.4 Å². The van der Waals surface area contributed by atoms with Gasteiger partial charge in [0.05, 0.1) is 20.3 Å². The average Bonchev–Trinajstić information content (AvgIpc) is 2.66. The normalized spacial score (nSPS) is 14.4. The van der Waals surface area contributed by atoms with Gasteiger partial charge in [-0.25, -0.2) is 0 Å². The second kappa shape index (κ2) is 7.60. The monoisotopic (exact) mass is 339 g/mol. The number of carbonyl (C=O) groups excluding carboxylic acids is 1. The molecule has 0 fully saturated rings. The molecule has 0 saturated carbocycles. The van der Waals surface area contributed by atoms with Crippen molar-refractivity contribution in [2.45, 2.75) is 38.6 Å². The van der Waals surface area contributed by atoms with Crippen molar-refractivity contribution >= 4 is 5.91 Å². The van der Waals surface area contributed by atoms with E-state index in [2.05, 4.69) is 23.5 Å². The molecule has 0 aliphatic heterocycles. The summed E-state index contributed by atoms with van der Waals surface area (Å²) in [6.07, 6.45) is 4.84. The fourth-order valence-corrected chi connectivity index (χ4v) is 3.36. The van der Waals surface area contributed by atoms with Crippen molar-refractivity contribution in [2.75, 3.05) is 14.2 Å². The Bertz CT molecular complexity index is 770. The van der Waals surface area contributed by atoms with E-state index in [1.807, 2.05) is 6.92 Å². The minimum absolute atomic E-state index is 0.0483. The van der Waals surface area contributed by atoms with E-state index in [-0.39, 0.29) is 11.9 Å². The maximum absolute atomic E-state index is 12.6. The van der Waals surface area contributed by atoms with Crippen LogP contribution in [0, 0.1) is 0 Å². The topological polar surface area (TPSA) is 47.6 Å². The van der Waals surface area contributed by atoms with Crippen molar-refractivity contribution < 1.29 is 14.3 Å². The lowest BCUT2D eigenvalue weighted by atomic mass is 9.89. The Morgan fingerprint density at radius 3 is 2.40 bits per heavy atom. The number of rotatable bonds is 5. The fraction of sp³-hybridized carbons (Fsp3) is 0.381. The molecule has 1 aliphatic rings. The van der Waals surface area contributed by atoms with Gasteiger partial charge in [0.25, 0.3) is 5.91 Å². The predicted molar refractivity (Wildman–Crippen MR) is 98.5 cm³/mol. The number of amides is 1. The van der Waals surface area contributed by atoms with Crippen LogP contribution in [-0.2, 0) is 12.8 Å². The molecule has 132 valence electrons. The highest BCUT2D eigenvalue weighted by Gasteiger charge is 2.16. The number of nitrogens with one attached hydrogen (secondary N) is 1. The third-order valence-corrected chi connectivity index (χ3v) is 4.87. The summed E-state index contributed by atoms with van der Waals surface area (Å²) in [5, 5.41) is 3.07. The third-order valence-electron chi connectivity index (χ3n) is 4.87. The first kappa shape index (κ1) is 17.3. The summed E-state index contributed by atoms with van der Waals surface area (Å²) >= 11 is 0. The van der Waals surface area contributed by atoms with Gasteiger partial charge in [0.1, 0.15) is 0 Å². The summed E-state index contributed by atoms with van der Waals surface area (Å²) in [5.74, 6) is 1.05.